The van der Waals surface area contributed by atoms with Gasteiger partial charge in [0.05, 0.1) is 11.6 Å². The van der Waals surface area contributed by atoms with Crippen molar-refractivity contribution in [1.29, 1.82) is 0 Å². The number of amides is 1. The number of para-hydroxylation sites is 1. The van der Waals surface area contributed by atoms with E-state index in [1.54, 1.807) is 42.6 Å². The second kappa shape index (κ2) is 7.66. The maximum atomic E-state index is 14.9. The van der Waals surface area contributed by atoms with Crippen molar-refractivity contribution in [2.45, 2.75) is 6.04 Å². The molecule has 4 aromatic rings. The summed E-state index contributed by atoms with van der Waals surface area (Å²) in [4.78, 5) is 30.5. The summed E-state index contributed by atoms with van der Waals surface area (Å²) in [6.07, 6.45) is 1.56. The number of aliphatic hydroxyl groups is 1. The second-order valence-electron chi connectivity index (χ2n) is 7.42. The van der Waals surface area contributed by atoms with Gasteiger partial charge >= 0.3 is 0 Å². The first-order valence-corrected chi connectivity index (χ1v) is 10.2. The number of rotatable bonds is 3. The summed E-state index contributed by atoms with van der Waals surface area (Å²) >= 11 is 6.12. The molecule has 1 saturated heterocycles. The molecule has 0 radical (unpaired) electrons. The Bertz CT molecular complexity index is 1430. The fourth-order valence-electron chi connectivity index (χ4n) is 4.13. The molecule has 5 nitrogen and oxygen atoms in total. The molecule has 1 aliphatic rings. The number of benzene rings is 3. The molecule has 1 atom stereocenters. The van der Waals surface area contributed by atoms with Gasteiger partial charge in [-0.2, -0.15) is 0 Å². The lowest BCUT2D eigenvalue weighted by Crippen LogP contribution is -2.29. The van der Waals surface area contributed by atoms with Gasteiger partial charge in [-0.3, -0.25) is 14.5 Å². The zero-order valence-electron chi connectivity index (χ0n) is 16.5. The van der Waals surface area contributed by atoms with Crippen LogP contribution >= 0.6 is 11.6 Å². The zero-order chi connectivity index (χ0) is 22.4. The van der Waals surface area contributed by atoms with Crippen LogP contribution in [0.2, 0.25) is 5.02 Å². The summed E-state index contributed by atoms with van der Waals surface area (Å²) in [7, 11) is 0. The Labute approximate surface area is 187 Å². The number of aromatic nitrogens is 1. The minimum Gasteiger partial charge on any atom is -0.507 e. The zero-order valence-corrected chi connectivity index (χ0v) is 17.3. The average molecular weight is 447 g/mol. The highest BCUT2D eigenvalue weighted by Crippen LogP contribution is 2.43. The molecule has 1 aliphatic heterocycles. The van der Waals surface area contributed by atoms with Crippen molar-refractivity contribution in [1.82, 2.24) is 4.98 Å². The molecule has 2 heterocycles. The number of fused-ring (bicyclic) bond motifs is 1. The molecule has 1 aromatic heterocycles. The van der Waals surface area contributed by atoms with E-state index in [9.17, 15) is 19.1 Å². The minimum absolute atomic E-state index is 0.0908. The minimum atomic E-state index is -1.16. The highest BCUT2D eigenvalue weighted by atomic mass is 35.5. The molecule has 5 rings (SSSR count). The Balaban J connectivity index is 1.79. The van der Waals surface area contributed by atoms with Crippen LogP contribution in [0, 0.1) is 5.82 Å². The fraction of sp³-hybridized carbons (Fsp3) is 0.0400. The van der Waals surface area contributed by atoms with Crippen LogP contribution in [0.1, 0.15) is 17.2 Å². The van der Waals surface area contributed by atoms with E-state index in [4.69, 9.17) is 11.6 Å². The molecule has 158 valence electrons. The van der Waals surface area contributed by atoms with E-state index in [2.05, 4.69) is 4.98 Å². The number of anilines is 1. The number of carbonyl (C=O) groups is 2. The van der Waals surface area contributed by atoms with Crippen LogP contribution in [0.15, 0.2) is 84.6 Å². The average Bonchev–Trinajstić information content (AvgIpc) is 3.33. The largest absolute Gasteiger partial charge is 0.507 e. The van der Waals surface area contributed by atoms with Crippen molar-refractivity contribution >= 4 is 45.6 Å². The normalized spacial score (nSPS) is 17.9. The van der Waals surface area contributed by atoms with Gasteiger partial charge in [-0.15, -0.1) is 0 Å². The Kier molecular flexibility index (Phi) is 4.79. The third-order valence-electron chi connectivity index (χ3n) is 5.57. The molecule has 0 spiro atoms. The summed E-state index contributed by atoms with van der Waals surface area (Å²) in [5, 5.41) is 12.3. The van der Waals surface area contributed by atoms with Crippen molar-refractivity contribution in [3.8, 4) is 0 Å². The Morgan fingerprint density at radius 3 is 2.53 bits per heavy atom. The van der Waals surface area contributed by atoms with Crippen LogP contribution in [0.4, 0.5) is 10.1 Å². The number of aromatic amines is 1. The predicted molar refractivity (Wildman–Crippen MR) is 121 cm³/mol. The smallest absolute Gasteiger partial charge is 0.300 e. The Hall–Kier alpha value is -3.90. The predicted octanol–water partition coefficient (Wildman–Crippen LogP) is 5.59. The number of Topliss-reactive ketones (excluding diaryl/α,β-unsaturated/α-hetero) is 1. The van der Waals surface area contributed by atoms with E-state index in [-0.39, 0.29) is 16.9 Å². The van der Waals surface area contributed by atoms with Crippen molar-refractivity contribution in [2.75, 3.05) is 4.90 Å². The van der Waals surface area contributed by atoms with Gasteiger partial charge in [0.1, 0.15) is 11.6 Å². The first kappa shape index (κ1) is 20.0. The lowest BCUT2D eigenvalue weighted by Gasteiger charge is -2.25. The number of H-pyrrole nitrogens is 1. The summed E-state index contributed by atoms with van der Waals surface area (Å²) in [5.41, 5.74) is 1.33. The molecule has 32 heavy (non-hydrogen) atoms. The lowest BCUT2D eigenvalue weighted by atomic mass is 9.94. The van der Waals surface area contributed by atoms with E-state index < -0.39 is 23.5 Å². The Morgan fingerprint density at radius 1 is 1.00 bits per heavy atom. The van der Waals surface area contributed by atoms with Gasteiger partial charge < -0.3 is 10.1 Å². The van der Waals surface area contributed by atoms with E-state index in [0.29, 0.717) is 21.7 Å². The maximum absolute atomic E-state index is 14.9. The van der Waals surface area contributed by atoms with Crippen molar-refractivity contribution in [2.24, 2.45) is 0 Å². The van der Waals surface area contributed by atoms with E-state index in [1.165, 1.54) is 29.2 Å². The molecule has 7 heteroatoms. The topological polar surface area (TPSA) is 73.4 Å². The number of hydrogen-bond acceptors (Lipinski definition) is 3. The highest BCUT2D eigenvalue weighted by molar-refractivity contribution is 6.52. The van der Waals surface area contributed by atoms with Gasteiger partial charge in [-0.1, -0.05) is 54.1 Å². The molecule has 1 fully saturated rings. The van der Waals surface area contributed by atoms with Crippen LogP contribution in [-0.4, -0.2) is 21.8 Å². The standard InChI is InChI=1S/C25H16ClFN2O3/c26-14-6-5-7-15(12-14)29-22(17-9-1-3-10-19(17)27)21(24(31)25(29)32)23(30)18-13-28-20-11-4-2-8-16(18)20/h1-13,22,28,30H/b23-21+. The summed E-state index contributed by atoms with van der Waals surface area (Å²) in [5.74, 6) is -2.75. The third kappa shape index (κ3) is 3.08. The van der Waals surface area contributed by atoms with Gasteiger partial charge in [0.25, 0.3) is 11.7 Å². The molecule has 1 unspecified atom stereocenters. The molecular formula is C25H16ClFN2O3. The summed E-state index contributed by atoms with van der Waals surface area (Å²) < 4.78 is 14.9. The molecule has 0 saturated carbocycles. The van der Waals surface area contributed by atoms with Crippen molar-refractivity contribution < 1.29 is 19.1 Å². The molecule has 2 N–H and O–H groups in total. The van der Waals surface area contributed by atoms with Crippen molar-refractivity contribution in [3.63, 3.8) is 0 Å². The number of carbonyl (C=O) groups excluding carboxylic acids is 2. The number of aliphatic hydroxyl groups excluding tert-OH is 1. The van der Waals surface area contributed by atoms with Crippen LogP contribution < -0.4 is 4.90 Å². The van der Waals surface area contributed by atoms with Crippen LogP contribution in [-0.2, 0) is 9.59 Å². The van der Waals surface area contributed by atoms with E-state index in [1.807, 2.05) is 12.1 Å². The Morgan fingerprint density at radius 2 is 1.75 bits per heavy atom. The molecule has 1 amide bonds. The van der Waals surface area contributed by atoms with E-state index >= 15 is 0 Å². The molecule has 0 bridgehead atoms. The quantitative estimate of drug-likeness (QED) is 0.245. The van der Waals surface area contributed by atoms with Crippen LogP contribution in [0.5, 0.6) is 0 Å². The van der Waals surface area contributed by atoms with Gasteiger partial charge in [-0.25, -0.2) is 4.39 Å². The van der Waals surface area contributed by atoms with E-state index in [0.717, 1.165) is 5.52 Å². The molecule has 0 aliphatic carbocycles. The number of nitrogens with zero attached hydrogens (tertiary/aromatic N) is 1. The first-order chi connectivity index (χ1) is 15.5. The van der Waals surface area contributed by atoms with Gasteiger partial charge in [0.15, 0.2) is 0 Å². The maximum Gasteiger partial charge on any atom is 0.300 e. The number of hydrogen-bond donors (Lipinski definition) is 2. The highest BCUT2D eigenvalue weighted by Gasteiger charge is 2.48. The second-order valence-corrected chi connectivity index (χ2v) is 7.85. The SMILES string of the molecule is O=C1C(=O)N(c2cccc(Cl)c2)C(c2ccccc2F)/C1=C(\O)c1c[nH]c2ccccc12. The van der Waals surface area contributed by atoms with Crippen LogP contribution in [0.3, 0.4) is 0 Å². The van der Waals surface area contributed by atoms with Crippen molar-refractivity contribution in [3.05, 3.63) is 107 Å². The number of ketones is 1. The van der Waals surface area contributed by atoms with Gasteiger partial charge in [0.2, 0.25) is 0 Å². The van der Waals surface area contributed by atoms with Crippen LogP contribution in [0.25, 0.3) is 16.7 Å². The summed E-state index contributed by atoms with van der Waals surface area (Å²) in [6, 6.07) is 18.3. The number of halogens is 2. The fourth-order valence-corrected chi connectivity index (χ4v) is 4.31. The number of nitrogens with one attached hydrogen (secondary N) is 1. The first-order valence-electron chi connectivity index (χ1n) is 9.85. The van der Waals surface area contributed by atoms with Gasteiger partial charge in [-0.05, 0) is 30.3 Å². The monoisotopic (exact) mass is 446 g/mol. The lowest BCUT2D eigenvalue weighted by molar-refractivity contribution is -0.132. The third-order valence-corrected chi connectivity index (χ3v) is 5.81. The van der Waals surface area contributed by atoms with Gasteiger partial charge in [0, 0.05) is 38.9 Å². The molecule has 3 aromatic carbocycles. The molecular weight excluding hydrogens is 431 g/mol. The summed E-state index contributed by atoms with van der Waals surface area (Å²) in [6.45, 7) is 0.